The first kappa shape index (κ1) is 22.3. The number of anilines is 1. The van der Waals surface area contributed by atoms with E-state index in [9.17, 15) is 19.5 Å². The molecule has 2 saturated carbocycles. The van der Waals surface area contributed by atoms with Crippen molar-refractivity contribution < 1.29 is 19.5 Å². The van der Waals surface area contributed by atoms with E-state index in [1.54, 1.807) is 0 Å². The molecule has 4 atom stereocenters. The normalized spacial score (nSPS) is 28.9. The Balaban J connectivity index is 1.59. The van der Waals surface area contributed by atoms with Crippen molar-refractivity contribution in [1.82, 2.24) is 0 Å². The first-order chi connectivity index (χ1) is 15.0. The summed E-state index contributed by atoms with van der Waals surface area (Å²) in [6.45, 7) is 0. The number of carbonyl (C=O) groups is 3. The number of primary amides is 1. The van der Waals surface area contributed by atoms with Gasteiger partial charge in [0.1, 0.15) is 5.00 Å². The number of fused-ring (bicyclic) bond motifs is 3. The number of hydrogen-bond donors (Lipinski definition) is 3. The smallest absolute Gasteiger partial charge is 0.307 e. The summed E-state index contributed by atoms with van der Waals surface area (Å²) < 4.78 is 0. The van der Waals surface area contributed by atoms with Crippen LogP contribution >= 0.6 is 11.3 Å². The maximum atomic E-state index is 13.2. The quantitative estimate of drug-likeness (QED) is 0.620. The van der Waals surface area contributed by atoms with Crippen LogP contribution in [0, 0.1) is 23.7 Å². The van der Waals surface area contributed by atoms with Crippen molar-refractivity contribution >= 4 is 34.1 Å². The fourth-order valence-corrected chi connectivity index (χ4v) is 7.49. The number of nitrogens with one attached hydrogen (secondary N) is 1. The third kappa shape index (κ3) is 4.66. The second-order valence-corrected chi connectivity index (χ2v) is 10.7. The van der Waals surface area contributed by atoms with Crippen LogP contribution in [0.25, 0.3) is 0 Å². The maximum Gasteiger partial charge on any atom is 0.307 e. The second-order valence-electron chi connectivity index (χ2n) is 9.61. The third-order valence-corrected chi connectivity index (χ3v) is 8.87. The number of carbonyl (C=O) groups excluding carboxylic acids is 2. The summed E-state index contributed by atoms with van der Waals surface area (Å²) in [6.07, 6.45) is 13.8. The highest BCUT2D eigenvalue weighted by Gasteiger charge is 2.54. The largest absolute Gasteiger partial charge is 0.481 e. The van der Waals surface area contributed by atoms with Crippen LogP contribution in [-0.4, -0.2) is 22.9 Å². The number of nitrogens with two attached hydrogens (primary N) is 1. The van der Waals surface area contributed by atoms with Gasteiger partial charge in [-0.3, -0.25) is 14.4 Å². The van der Waals surface area contributed by atoms with Crippen LogP contribution in [0.15, 0.2) is 0 Å². The van der Waals surface area contributed by atoms with E-state index in [-0.39, 0.29) is 17.7 Å². The summed E-state index contributed by atoms with van der Waals surface area (Å²) in [6, 6.07) is 0. The molecule has 0 aromatic carbocycles. The Hall–Kier alpha value is -1.89. The Kier molecular flexibility index (Phi) is 6.99. The summed E-state index contributed by atoms with van der Waals surface area (Å²) in [5.74, 6) is -2.53. The van der Waals surface area contributed by atoms with Gasteiger partial charge >= 0.3 is 5.97 Å². The summed E-state index contributed by atoms with van der Waals surface area (Å²) in [5.41, 5.74) is 7.26. The Morgan fingerprint density at radius 3 is 2.06 bits per heavy atom. The zero-order valence-electron chi connectivity index (χ0n) is 18.2. The van der Waals surface area contributed by atoms with Crippen molar-refractivity contribution in [2.45, 2.75) is 83.5 Å². The highest BCUT2D eigenvalue weighted by atomic mass is 32.1. The molecule has 170 valence electrons. The van der Waals surface area contributed by atoms with Crippen molar-refractivity contribution in [2.75, 3.05) is 5.32 Å². The Morgan fingerprint density at radius 1 is 0.871 bits per heavy atom. The van der Waals surface area contributed by atoms with Crippen LogP contribution in [0.5, 0.6) is 0 Å². The molecular formula is C24H34N2O4S. The molecule has 1 heterocycles. The number of hydrogen-bond acceptors (Lipinski definition) is 4. The van der Waals surface area contributed by atoms with Crippen LogP contribution in [0.2, 0.25) is 0 Å². The fourth-order valence-electron chi connectivity index (χ4n) is 6.19. The molecule has 4 N–H and O–H groups in total. The number of aryl methyl sites for hydroxylation is 1. The summed E-state index contributed by atoms with van der Waals surface area (Å²) >= 11 is 1.48. The van der Waals surface area contributed by atoms with Gasteiger partial charge in [0.2, 0.25) is 5.91 Å². The standard InChI is InChI=1S/C24H34N2O4S/c25-21(27)20-16-9-7-5-3-1-2-4-6-8-10-17(16)31-23(20)26-22(28)18-14-11-12-15(13-14)19(18)24(29)30/h14-15,18-19H,1-13H2,(H2,25,27)(H,26,28)(H,29,30)/t14-,15-,18-,19-/m0/s1. The molecule has 0 unspecified atom stereocenters. The fraction of sp³-hybridized carbons (Fsp3) is 0.708. The molecule has 0 saturated heterocycles. The van der Waals surface area contributed by atoms with Crippen LogP contribution in [0.1, 0.15) is 91.4 Å². The van der Waals surface area contributed by atoms with Crippen molar-refractivity contribution in [3.63, 3.8) is 0 Å². The molecule has 0 radical (unpaired) electrons. The molecule has 7 heteroatoms. The topological polar surface area (TPSA) is 109 Å². The van der Waals surface area contributed by atoms with Gasteiger partial charge in [0.05, 0.1) is 17.4 Å². The SMILES string of the molecule is NC(=O)c1c(NC(=O)[C@H]2[C@H]3CC[C@@H](C3)[C@@H]2C(=O)O)sc2c1CCCCCCCCCC2. The molecular weight excluding hydrogens is 412 g/mol. The molecule has 0 aliphatic heterocycles. The van der Waals surface area contributed by atoms with E-state index < -0.39 is 23.7 Å². The number of thiophene rings is 1. The third-order valence-electron chi connectivity index (χ3n) is 7.66. The molecule has 1 aromatic rings. The van der Waals surface area contributed by atoms with E-state index in [1.807, 2.05) is 0 Å². The zero-order chi connectivity index (χ0) is 22.0. The molecule has 1 aromatic heterocycles. The Bertz CT molecular complexity index is 849. The van der Waals surface area contributed by atoms with Crippen LogP contribution in [-0.2, 0) is 22.4 Å². The molecule has 4 rings (SSSR count). The molecule has 3 aliphatic rings. The first-order valence-electron chi connectivity index (χ1n) is 12.0. The summed E-state index contributed by atoms with van der Waals surface area (Å²) in [5, 5.41) is 13.2. The molecule has 0 spiro atoms. The minimum absolute atomic E-state index is 0.0952. The van der Waals surface area contributed by atoms with Gasteiger partial charge in [-0.05, 0) is 62.3 Å². The van der Waals surface area contributed by atoms with Gasteiger partial charge in [0.15, 0.2) is 0 Å². The van der Waals surface area contributed by atoms with Gasteiger partial charge in [-0.25, -0.2) is 0 Å². The van der Waals surface area contributed by atoms with Gasteiger partial charge in [-0.15, -0.1) is 11.3 Å². The van der Waals surface area contributed by atoms with Gasteiger partial charge in [-0.2, -0.15) is 0 Å². The minimum Gasteiger partial charge on any atom is -0.481 e. The number of amides is 2. The van der Waals surface area contributed by atoms with Crippen LogP contribution < -0.4 is 11.1 Å². The monoisotopic (exact) mass is 446 g/mol. The Morgan fingerprint density at radius 2 is 1.45 bits per heavy atom. The average molecular weight is 447 g/mol. The van der Waals surface area contributed by atoms with E-state index in [0.29, 0.717) is 10.6 Å². The lowest BCUT2D eigenvalue weighted by atomic mass is 9.78. The van der Waals surface area contributed by atoms with Crippen LogP contribution in [0.4, 0.5) is 5.00 Å². The van der Waals surface area contributed by atoms with E-state index in [1.165, 1.54) is 43.4 Å². The van der Waals surface area contributed by atoms with E-state index in [4.69, 9.17) is 5.73 Å². The molecule has 2 fully saturated rings. The predicted molar refractivity (Wildman–Crippen MR) is 121 cm³/mol. The van der Waals surface area contributed by atoms with Crippen molar-refractivity contribution in [1.29, 1.82) is 0 Å². The van der Waals surface area contributed by atoms with E-state index in [0.717, 1.165) is 61.8 Å². The van der Waals surface area contributed by atoms with Crippen molar-refractivity contribution in [3.05, 3.63) is 16.0 Å². The first-order valence-corrected chi connectivity index (χ1v) is 12.8. The van der Waals surface area contributed by atoms with Crippen molar-refractivity contribution in [2.24, 2.45) is 29.4 Å². The second kappa shape index (κ2) is 9.72. The van der Waals surface area contributed by atoms with Gasteiger partial charge in [0.25, 0.3) is 5.91 Å². The summed E-state index contributed by atoms with van der Waals surface area (Å²) in [7, 11) is 0. The number of aliphatic carboxylic acids is 1. The molecule has 3 aliphatic carbocycles. The molecule has 2 amide bonds. The molecule has 31 heavy (non-hydrogen) atoms. The van der Waals surface area contributed by atoms with Gasteiger partial charge in [-0.1, -0.05) is 38.5 Å². The van der Waals surface area contributed by atoms with E-state index >= 15 is 0 Å². The van der Waals surface area contributed by atoms with Crippen molar-refractivity contribution in [3.8, 4) is 0 Å². The average Bonchev–Trinajstić information content (AvgIpc) is 3.41. The lowest BCUT2D eigenvalue weighted by Gasteiger charge is -2.26. The number of rotatable bonds is 4. The lowest BCUT2D eigenvalue weighted by Crippen LogP contribution is -2.38. The maximum absolute atomic E-state index is 13.2. The van der Waals surface area contributed by atoms with E-state index in [2.05, 4.69) is 5.32 Å². The molecule has 2 bridgehead atoms. The number of carboxylic acid groups (broad SMARTS) is 1. The number of carboxylic acids is 1. The predicted octanol–water partition coefficient (Wildman–Crippen LogP) is 4.75. The zero-order valence-corrected chi connectivity index (χ0v) is 19.0. The van der Waals surface area contributed by atoms with Crippen LogP contribution in [0.3, 0.4) is 0 Å². The lowest BCUT2D eigenvalue weighted by molar-refractivity contribution is -0.148. The Labute approximate surface area is 188 Å². The van der Waals surface area contributed by atoms with Gasteiger partial charge in [0, 0.05) is 4.88 Å². The summed E-state index contributed by atoms with van der Waals surface area (Å²) in [4.78, 5) is 38.6. The highest BCUT2D eigenvalue weighted by Crippen LogP contribution is 2.53. The highest BCUT2D eigenvalue weighted by molar-refractivity contribution is 7.17. The molecule has 6 nitrogen and oxygen atoms in total. The minimum atomic E-state index is -0.874. The van der Waals surface area contributed by atoms with Gasteiger partial charge < -0.3 is 16.2 Å².